The van der Waals surface area contributed by atoms with Crippen LogP contribution in [0.1, 0.15) is 44.9 Å². The van der Waals surface area contributed by atoms with Gasteiger partial charge in [-0.05, 0) is 55.2 Å². The van der Waals surface area contributed by atoms with E-state index in [0.717, 1.165) is 11.1 Å². The standard InChI is InChI=1S/C35H39N3O6/c1-6-44-35(42)28(21-24-13-9-7-10-14-24)36-33(40)30(22(2)3)37-32(39)23(4)29-31(25-15-11-8-12-16-25)38(34(29)41)26-17-19-27(43-5)20-18-26/h7-20,22,28,30-31H,6,21H2,1-5H3,(H,36,40)(H,37,39)/b29-23+/t28-,30-,31?/m0/s1. The molecule has 1 saturated heterocycles. The van der Waals surface area contributed by atoms with Crippen molar-refractivity contribution >= 4 is 29.4 Å². The highest BCUT2D eigenvalue weighted by Crippen LogP contribution is 2.44. The Morgan fingerprint density at radius 1 is 0.886 bits per heavy atom. The fraction of sp³-hybridized carbons (Fsp3) is 0.314. The number of carbonyl (C=O) groups excluding carboxylic acids is 4. The van der Waals surface area contributed by atoms with Crippen molar-refractivity contribution in [3.05, 3.63) is 107 Å². The third-order valence-electron chi connectivity index (χ3n) is 7.60. The summed E-state index contributed by atoms with van der Waals surface area (Å²) in [6.07, 6.45) is 0.238. The van der Waals surface area contributed by atoms with E-state index >= 15 is 0 Å². The summed E-state index contributed by atoms with van der Waals surface area (Å²) in [6, 6.07) is 23.5. The number of nitrogens with one attached hydrogen (secondary N) is 2. The molecule has 9 heteroatoms. The number of ether oxygens (including phenoxy) is 2. The smallest absolute Gasteiger partial charge is 0.328 e. The number of esters is 1. The van der Waals surface area contributed by atoms with Gasteiger partial charge in [0.15, 0.2) is 0 Å². The van der Waals surface area contributed by atoms with Crippen LogP contribution in [0.3, 0.4) is 0 Å². The quantitative estimate of drug-likeness (QED) is 0.180. The van der Waals surface area contributed by atoms with Crippen LogP contribution >= 0.6 is 0 Å². The number of rotatable bonds is 12. The first-order chi connectivity index (χ1) is 21.2. The summed E-state index contributed by atoms with van der Waals surface area (Å²) in [6.45, 7) is 7.07. The van der Waals surface area contributed by atoms with E-state index in [1.54, 1.807) is 64.0 Å². The number of hydrogen-bond donors (Lipinski definition) is 2. The first kappa shape index (κ1) is 32.0. The highest BCUT2D eigenvalue weighted by molar-refractivity contribution is 6.19. The van der Waals surface area contributed by atoms with Crippen LogP contribution in [-0.4, -0.2) is 49.5 Å². The van der Waals surface area contributed by atoms with E-state index in [-0.39, 0.29) is 30.4 Å². The minimum atomic E-state index is -0.964. The summed E-state index contributed by atoms with van der Waals surface area (Å²) in [7, 11) is 1.57. The molecule has 0 radical (unpaired) electrons. The maximum Gasteiger partial charge on any atom is 0.328 e. The van der Waals surface area contributed by atoms with Gasteiger partial charge in [-0.3, -0.25) is 19.3 Å². The van der Waals surface area contributed by atoms with E-state index in [0.29, 0.717) is 17.0 Å². The zero-order chi connectivity index (χ0) is 31.8. The lowest BCUT2D eigenvalue weighted by Gasteiger charge is -2.44. The Balaban J connectivity index is 1.58. The molecule has 1 unspecified atom stereocenters. The predicted octanol–water partition coefficient (Wildman–Crippen LogP) is 4.53. The lowest BCUT2D eigenvalue weighted by atomic mass is 9.84. The van der Waals surface area contributed by atoms with Crippen LogP contribution in [-0.2, 0) is 30.3 Å². The van der Waals surface area contributed by atoms with Crippen molar-refractivity contribution in [1.29, 1.82) is 0 Å². The molecule has 0 aromatic heterocycles. The van der Waals surface area contributed by atoms with Crippen LogP contribution in [0.15, 0.2) is 96.1 Å². The Bertz CT molecular complexity index is 1500. The van der Waals surface area contributed by atoms with Crippen LogP contribution in [0.2, 0.25) is 0 Å². The zero-order valence-corrected chi connectivity index (χ0v) is 25.7. The molecule has 0 aliphatic carbocycles. The summed E-state index contributed by atoms with van der Waals surface area (Å²) in [5, 5.41) is 5.60. The number of amides is 3. The van der Waals surface area contributed by atoms with E-state index in [9.17, 15) is 19.2 Å². The molecule has 0 saturated carbocycles. The summed E-state index contributed by atoms with van der Waals surface area (Å²) < 4.78 is 10.5. The number of methoxy groups -OCH3 is 1. The second-order valence-electron chi connectivity index (χ2n) is 10.9. The molecule has 1 fully saturated rings. The lowest BCUT2D eigenvalue weighted by molar-refractivity contribution is -0.147. The normalized spacial score (nSPS) is 16.8. The topological polar surface area (TPSA) is 114 Å². The zero-order valence-electron chi connectivity index (χ0n) is 25.7. The third kappa shape index (κ3) is 7.16. The van der Waals surface area contributed by atoms with Gasteiger partial charge < -0.3 is 20.1 Å². The third-order valence-corrected chi connectivity index (χ3v) is 7.60. The average molecular weight is 598 g/mol. The molecule has 2 N–H and O–H groups in total. The van der Waals surface area contributed by atoms with Crippen LogP contribution in [0, 0.1) is 5.92 Å². The molecule has 3 amide bonds. The second kappa shape index (κ2) is 14.5. The van der Waals surface area contributed by atoms with Crippen molar-refractivity contribution < 1.29 is 28.7 Å². The first-order valence-electron chi connectivity index (χ1n) is 14.7. The SMILES string of the molecule is CCOC(=O)[C@H](Cc1ccccc1)NC(=O)[C@@H](NC(=O)/C(C)=C1/C(=O)N(c2ccc(OC)cc2)C1c1ccccc1)C(C)C. The molecule has 0 spiro atoms. The maximum atomic E-state index is 13.6. The number of benzene rings is 3. The van der Waals surface area contributed by atoms with Gasteiger partial charge in [0, 0.05) is 17.7 Å². The second-order valence-corrected chi connectivity index (χ2v) is 10.9. The van der Waals surface area contributed by atoms with E-state index in [1.807, 2.05) is 60.7 Å². The average Bonchev–Trinajstić information content (AvgIpc) is 3.03. The minimum absolute atomic E-state index is 0.168. The first-order valence-corrected chi connectivity index (χ1v) is 14.7. The number of carbonyl (C=O) groups is 4. The van der Waals surface area contributed by atoms with E-state index in [1.165, 1.54) is 0 Å². The Morgan fingerprint density at radius 3 is 2.07 bits per heavy atom. The molecule has 3 aromatic carbocycles. The molecule has 0 bridgehead atoms. The molecular weight excluding hydrogens is 558 g/mol. The number of hydrogen-bond acceptors (Lipinski definition) is 6. The van der Waals surface area contributed by atoms with Crippen LogP contribution < -0.4 is 20.3 Å². The Hall–Kier alpha value is -4.92. The van der Waals surface area contributed by atoms with Gasteiger partial charge in [-0.25, -0.2) is 4.79 Å². The molecule has 3 aromatic rings. The molecule has 1 aliphatic heterocycles. The highest BCUT2D eigenvalue weighted by Gasteiger charge is 2.46. The molecule has 1 aliphatic rings. The highest BCUT2D eigenvalue weighted by atomic mass is 16.5. The number of nitrogens with zero attached hydrogens (tertiary/aromatic N) is 1. The Morgan fingerprint density at radius 2 is 1.50 bits per heavy atom. The van der Waals surface area contributed by atoms with Crippen molar-refractivity contribution in [2.24, 2.45) is 5.92 Å². The Kier molecular flexibility index (Phi) is 10.6. The maximum absolute atomic E-state index is 13.6. The predicted molar refractivity (Wildman–Crippen MR) is 168 cm³/mol. The van der Waals surface area contributed by atoms with Gasteiger partial charge in [0.2, 0.25) is 11.8 Å². The van der Waals surface area contributed by atoms with Gasteiger partial charge in [-0.2, -0.15) is 0 Å². The molecule has 4 rings (SSSR count). The molecule has 9 nitrogen and oxygen atoms in total. The summed E-state index contributed by atoms with van der Waals surface area (Å²) in [5.41, 5.74) is 2.94. The largest absolute Gasteiger partial charge is 0.497 e. The van der Waals surface area contributed by atoms with Gasteiger partial charge in [-0.1, -0.05) is 74.5 Å². The van der Waals surface area contributed by atoms with Crippen LogP contribution in [0.25, 0.3) is 0 Å². The number of anilines is 1. The summed E-state index contributed by atoms with van der Waals surface area (Å²) in [4.78, 5) is 55.1. The Labute approximate surface area is 258 Å². The molecule has 230 valence electrons. The number of β-lactam (4-membered cyclic amide) rings is 1. The van der Waals surface area contributed by atoms with Crippen LogP contribution in [0.5, 0.6) is 5.75 Å². The molecule has 1 heterocycles. The molecule has 3 atom stereocenters. The van der Waals surface area contributed by atoms with Gasteiger partial charge in [0.25, 0.3) is 5.91 Å². The van der Waals surface area contributed by atoms with Gasteiger partial charge in [0.05, 0.1) is 25.3 Å². The monoisotopic (exact) mass is 597 g/mol. The van der Waals surface area contributed by atoms with E-state index in [4.69, 9.17) is 9.47 Å². The van der Waals surface area contributed by atoms with E-state index in [2.05, 4.69) is 10.6 Å². The summed E-state index contributed by atoms with van der Waals surface area (Å²) in [5.74, 6) is -1.55. The van der Waals surface area contributed by atoms with Crippen molar-refractivity contribution in [3.63, 3.8) is 0 Å². The van der Waals surface area contributed by atoms with E-state index < -0.39 is 35.9 Å². The van der Waals surface area contributed by atoms with Crippen molar-refractivity contribution in [2.45, 2.75) is 52.2 Å². The van der Waals surface area contributed by atoms with Gasteiger partial charge >= 0.3 is 5.97 Å². The minimum Gasteiger partial charge on any atom is -0.497 e. The van der Waals surface area contributed by atoms with Crippen molar-refractivity contribution in [2.75, 3.05) is 18.6 Å². The van der Waals surface area contributed by atoms with Crippen molar-refractivity contribution in [1.82, 2.24) is 10.6 Å². The fourth-order valence-corrected chi connectivity index (χ4v) is 5.21. The van der Waals surface area contributed by atoms with Gasteiger partial charge in [0.1, 0.15) is 17.8 Å². The van der Waals surface area contributed by atoms with Gasteiger partial charge in [-0.15, -0.1) is 0 Å². The fourth-order valence-electron chi connectivity index (χ4n) is 5.21. The molecule has 44 heavy (non-hydrogen) atoms. The molecular formula is C35H39N3O6. The van der Waals surface area contributed by atoms with Crippen molar-refractivity contribution in [3.8, 4) is 5.75 Å². The summed E-state index contributed by atoms with van der Waals surface area (Å²) >= 11 is 0. The van der Waals surface area contributed by atoms with Crippen LogP contribution in [0.4, 0.5) is 5.69 Å². The lowest BCUT2D eigenvalue weighted by Crippen LogP contribution is -2.55.